The van der Waals surface area contributed by atoms with Crippen molar-refractivity contribution in [1.29, 1.82) is 0 Å². The topological polar surface area (TPSA) is 41.6 Å². The van der Waals surface area contributed by atoms with Crippen LogP contribution in [0.5, 0.6) is 0 Å². The minimum atomic E-state index is -0.618. The first-order chi connectivity index (χ1) is 8.43. The lowest BCUT2D eigenvalue weighted by atomic mass is 10.00. The van der Waals surface area contributed by atoms with Crippen molar-refractivity contribution in [1.82, 2.24) is 10.2 Å². The number of nitrogens with one attached hydrogen (secondary N) is 1. The molecule has 0 fully saturated rings. The van der Waals surface area contributed by atoms with Crippen LogP contribution in [0, 0.1) is 5.92 Å². The van der Waals surface area contributed by atoms with Gasteiger partial charge in [0.15, 0.2) is 0 Å². The van der Waals surface area contributed by atoms with Gasteiger partial charge >= 0.3 is 5.97 Å². The molecule has 0 spiro atoms. The standard InChI is InChI=1S/C14H30N2O2/c1-7-12(4)10-16(9-3)11-14(5,15-8-2)13(17)18-6/h12,15H,7-11H2,1-6H3. The number of nitrogens with zero attached hydrogens (tertiary/aromatic N) is 1. The molecule has 18 heavy (non-hydrogen) atoms. The van der Waals surface area contributed by atoms with Crippen LogP contribution in [0.25, 0.3) is 0 Å². The van der Waals surface area contributed by atoms with Gasteiger partial charge in [-0.3, -0.25) is 4.79 Å². The molecular formula is C14H30N2O2. The molecule has 2 atom stereocenters. The molecule has 0 aliphatic rings. The number of likely N-dealkylation sites (N-methyl/N-ethyl adjacent to an activating group) is 2. The Hall–Kier alpha value is -0.610. The summed E-state index contributed by atoms with van der Waals surface area (Å²) in [5.41, 5.74) is -0.618. The van der Waals surface area contributed by atoms with Crippen LogP contribution in [0.4, 0.5) is 0 Å². The molecule has 0 heterocycles. The van der Waals surface area contributed by atoms with Crippen molar-refractivity contribution >= 4 is 5.97 Å². The van der Waals surface area contributed by atoms with E-state index >= 15 is 0 Å². The fourth-order valence-corrected chi connectivity index (χ4v) is 2.13. The molecule has 4 nitrogen and oxygen atoms in total. The number of ether oxygens (including phenoxy) is 1. The third-order valence-corrected chi connectivity index (χ3v) is 3.46. The number of methoxy groups -OCH3 is 1. The Bertz CT molecular complexity index is 246. The lowest BCUT2D eigenvalue weighted by Crippen LogP contribution is -2.57. The van der Waals surface area contributed by atoms with Crippen LogP contribution in [0.15, 0.2) is 0 Å². The van der Waals surface area contributed by atoms with Gasteiger partial charge in [0, 0.05) is 13.1 Å². The van der Waals surface area contributed by atoms with Crippen LogP contribution in [0.3, 0.4) is 0 Å². The Kier molecular flexibility index (Phi) is 8.20. The van der Waals surface area contributed by atoms with Crippen LogP contribution in [0.2, 0.25) is 0 Å². The molecule has 0 radical (unpaired) electrons. The van der Waals surface area contributed by atoms with Crippen molar-refractivity contribution in [3.8, 4) is 0 Å². The Morgan fingerprint density at radius 3 is 2.39 bits per heavy atom. The molecule has 0 saturated carbocycles. The highest BCUT2D eigenvalue weighted by Crippen LogP contribution is 2.12. The van der Waals surface area contributed by atoms with Crippen LogP contribution in [-0.2, 0) is 9.53 Å². The number of carbonyl (C=O) groups excluding carboxylic acids is 1. The minimum absolute atomic E-state index is 0.188. The SMILES string of the molecule is CCNC(C)(CN(CC)CC(C)CC)C(=O)OC. The van der Waals surface area contributed by atoms with Gasteiger partial charge in [-0.15, -0.1) is 0 Å². The summed E-state index contributed by atoms with van der Waals surface area (Å²) in [5, 5.41) is 3.25. The van der Waals surface area contributed by atoms with Gasteiger partial charge in [-0.25, -0.2) is 0 Å². The first kappa shape index (κ1) is 17.4. The van der Waals surface area contributed by atoms with Gasteiger partial charge in [-0.2, -0.15) is 0 Å². The first-order valence-electron chi connectivity index (χ1n) is 6.99. The quantitative estimate of drug-likeness (QED) is 0.641. The maximum Gasteiger partial charge on any atom is 0.327 e. The van der Waals surface area contributed by atoms with E-state index in [2.05, 4.69) is 31.0 Å². The molecule has 0 aromatic carbocycles. The summed E-state index contributed by atoms with van der Waals surface area (Å²) in [4.78, 5) is 14.2. The smallest absolute Gasteiger partial charge is 0.327 e. The molecule has 0 aromatic heterocycles. The van der Waals surface area contributed by atoms with Crippen molar-refractivity contribution in [2.75, 3.05) is 33.3 Å². The van der Waals surface area contributed by atoms with Gasteiger partial charge < -0.3 is 15.0 Å². The number of rotatable bonds is 9. The zero-order valence-electron chi connectivity index (χ0n) is 12.9. The number of hydrogen-bond donors (Lipinski definition) is 1. The van der Waals surface area contributed by atoms with Gasteiger partial charge in [0.2, 0.25) is 0 Å². The largest absolute Gasteiger partial charge is 0.468 e. The van der Waals surface area contributed by atoms with Crippen molar-refractivity contribution in [2.24, 2.45) is 5.92 Å². The molecule has 0 amide bonds. The predicted molar refractivity (Wildman–Crippen MR) is 75.7 cm³/mol. The van der Waals surface area contributed by atoms with E-state index < -0.39 is 5.54 Å². The van der Waals surface area contributed by atoms with Crippen LogP contribution >= 0.6 is 0 Å². The highest BCUT2D eigenvalue weighted by atomic mass is 16.5. The normalized spacial score (nSPS) is 16.4. The molecule has 0 aromatic rings. The zero-order chi connectivity index (χ0) is 14.2. The van der Waals surface area contributed by atoms with Crippen molar-refractivity contribution in [2.45, 2.75) is 46.6 Å². The maximum atomic E-state index is 11.9. The molecular weight excluding hydrogens is 228 g/mol. The van der Waals surface area contributed by atoms with E-state index in [0.29, 0.717) is 12.5 Å². The summed E-state index contributed by atoms with van der Waals surface area (Å²) >= 11 is 0. The predicted octanol–water partition coefficient (Wildman–Crippen LogP) is 1.90. The van der Waals surface area contributed by atoms with Crippen molar-refractivity contribution in [3.05, 3.63) is 0 Å². The second-order valence-corrected chi connectivity index (χ2v) is 5.20. The van der Waals surface area contributed by atoms with Gasteiger partial charge in [0.05, 0.1) is 7.11 Å². The van der Waals surface area contributed by atoms with Crippen LogP contribution < -0.4 is 5.32 Å². The third-order valence-electron chi connectivity index (χ3n) is 3.46. The summed E-state index contributed by atoms with van der Waals surface area (Å²) in [6.07, 6.45) is 1.16. The van der Waals surface area contributed by atoms with E-state index in [0.717, 1.165) is 26.1 Å². The Balaban J connectivity index is 4.67. The van der Waals surface area contributed by atoms with E-state index in [1.807, 2.05) is 13.8 Å². The number of hydrogen-bond acceptors (Lipinski definition) is 4. The fourth-order valence-electron chi connectivity index (χ4n) is 2.13. The van der Waals surface area contributed by atoms with E-state index in [9.17, 15) is 4.79 Å². The van der Waals surface area contributed by atoms with Crippen molar-refractivity contribution < 1.29 is 9.53 Å². The second kappa shape index (κ2) is 8.48. The third kappa shape index (κ3) is 5.36. The molecule has 0 aliphatic heterocycles. The van der Waals surface area contributed by atoms with Crippen LogP contribution in [-0.4, -0.2) is 49.7 Å². The molecule has 0 bridgehead atoms. The van der Waals surface area contributed by atoms with E-state index in [1.54, 1.807) is 0 Å². The maximum absolute atomic E-state index is 11.9. The Morgan fingerprint density at radius 2 is 2.00 bits per heavy atom. The Labute approximate surface area is 112 Å². The van der Waals surface area contributed by atoms with E-state index in [1.165, 1.54) is 7.11 Å². The van der Waals surface area contributed by atoms with Crippen molar-refractivity contribution in [3.63, 3.8) is 0 Å². The van der Waals surface area contributed by atoms with E-state index in [-0.39, 0.29) is 5.97 Å². The molecule has 4 heteroatoms. The van der Waals surface area contributed by atoms with E-state index in [4.69, 9.17) is 4.74 Å². The average Bonchev–Trinajstić information content (AvgIpc) is 2.36. The monoisotopic (exact) mass is 258 g/mol. The van der Waals surface area contributed by atoms with Crippen LogP contribution in [0.1, 0.15) is 41.0 Å². The summed E-state index contributed by atoms with van der Waals surface area (Å²) in [6.45, 7) is 13.9. The summed E-state index contributed by atoms with van der Waals surface area (Å²) in [7, 11) is 1.45. The first-order valence-corrected chi connectivity index (χ1v) is 6.99. The summed E-state index contributed by atoms with van der Waals surface area (Å²) in [5.74, 6) is 0.459. The summed E-state index contributed by atoms with van der Waals surface area (Å²) < 4.78 is 4.92. The van der Waals surface area contributed by atoms with Gasteiger partial charge in [-0.1, -0.05) is 34.1 Å². The zero-order valence-corrected chi connectivity index (χ0v) is 12.9. The molecule has 0 rings (SSSR count). The Morgan fingerprint density at radius 1 is 1.39 bits per heavy atom. The highest BCUT2D eigenvalue weighted by Gasteiger charge is 2.35. The average molecular weight is 258 g/mol. The molecule has 1 N–H and O–H groups in total. The molecule has 2 unspecified atom stereocenters. The van der Waals surface area contributed by atoms with Gasteiger partial charge in [0.25, 0.3) is 0 Å². The fraction of sp³-hybridized carbons (Fsp3) is 0.929. The molecule has 108 valence electrons. The molecule has 0 aliphatic carbocycles. The highest BCUT2D eigenvalue weighted by molar-refractivity contribution is 5.80. The lowest BCUT2D eigenvalue weighted by molar-refractivity contribution is -0.148. The number of carbonyl (C=O) groups is 1. The summed E-state index contributed by atoms with van der Waals surface area (Å²) in [6, 6.07) is 0. The second-order valence-electron chi connectivity index (χ2n) is 5.20. The minimum Gasteiger partial charge on any atom is -0.468 e. The van der Waals surface area contributed by atoms with Gasteiger partial charge in [-0.05, 0) is 25.9 Å². The van der Waals surface area contributed by atoms with Gasteiger partial charge in [0.1, 0.15) is 5.54 Å². The number of esters is 1. The lowest BCUT2D eigenvalue weighted by Gasteiger charge is -2.34. The molecule has 0 saturated heterocycles.